The molecule has 0 fully saturated rings. The van der Waals surface area contributed by atoms with Gasteiger partial charge in [0.25, 0.3) is 5.91 Å². The van der Waals surface area contributed by atoms with Crippen molar-refractivity contribution in [2.24, 2.45) is 0 Å². The smallest absolute Gasteiger partial charge is 0.264 e. The summed E-state index contributed by atoms with van der Waals surface area (Å²) in [5.41, 5.74) is 1.15. The molecular formula is C26H26N2O4S. The summed E-state index contributed by atoms with van der Waals surface area (Å²) in [5, 5.41) is 1.85. The fourth-order valence-electron chi connectivity index (χ4n) is 3.57. The first-order chi connectivity index (χ1) is 16.1. The van der Waals surface area contributed by atoms with Gasteiger partial charge in [-0.3, -0.25) is 9.59 Å². The van der Waals surface area contributed by atoms with Gasteiger partial charge in [-0.25, -0.2) is 0 Å². The minimum Gasteiger partial charge on any atom is -0.467 e. The van der Waals surface area contributed by atoms with E-state index in [9.17, 15) is 9.59 Å². The van der Waals surface area contributed by atoms with E-state index >= 15 is 0 Å². The Morgan fingerprint density at radius 3 is 2.36 bits per heavy atom. The number of aryl methyl sites for hydroxylation is 1. The van der Waals surface area contributed by atoms with Crippen molar-refractivity contribution in [3.63, 3.8) is 0 Å². The molecule has 170 valence electrons. The van der Waals surface area contributed by atoms with Crippen LogP contribution in [-0.2, 0) is 24.3 Å². The van der Waals surface area contributed by atoms with Gasteiger partial charge in [0.2, 0.25) is 5.91 Å². The zero-order valence-electron chi connectivity index (χ0n) is 18.5. The Hall–Kier alpha value is -3.58. The molecule has 0 N–H and O–H groups in total. The molecule has 33 heavy (non-hydrogen) atoms. The second kappa shape index (κ2) is 10.8. The van der Waals surface area contributed by atoms with Gasteiger partial charge in [0.1, 0.15) is 23.8 Å². The first kappa shape index (κ1) is 22.6. The zero-order chi connectivity index (χ0) is 23.0. The molecule has 0 spiro atoms. The van der Waals surface area contributed by atoms with Crippen molar-refractivity contribution in [2.75, 3.05) is 13.1 Å². The van der Waals surface area contributed by atoms with Crippen LogP contribution in [0.15, 0.2) is 87.2 Å². The number of furan rings is 2. The predicted molar refractivity (Wildman–Crippen MR) is 127 cm³/mol. The first-order valence-corrected chi connectivity index (χ1v) is 11.7. The van der Waals surface area contributed by atoms with Gasteiger partial charge in [-0.15, -0.1) is 11.3 Å². The van der Waals surface area contributed by atoms with Crippen molar-refractivity contribution in [1.29, 1.82) is 0 Å². The molecule has 0 atom stereocenters. The summed E-state index contributed by atoms with van der Waals surface area (Å²) in [7, 11) is 0. The van der Waals surface area contributed by atoms with E-state index in [2.05, 4.69) is 0 Å². The van der Waals surface area contributed by atoms with Crippen LogP contribution >= 0.6 is 11.3 Å². The van der Waals surface area contributed by atoms with Gasteiger partial charge in [-0.2, -0.15) is 0 Å². The van der Waals surface area contributed by atoms with E-state index in [0.29, 0.717) is 30.1 Å². The lowest BCUT2D eigenvalue weighted by Crippen LogP contribution is -2.42. The van der Waals surface area contributed by atoms with Crippen LogP contribution in [0, 0.1) is 6.92 Å². The Morgan fingerprint density at radius 2 is 1.70 bits per heavy atom. The van der Waals surface area contributed by atoms with E-state index < -0.39 is 0 Å². The molecule has 6 nitrogen and oxygen atoms in total. The van der Waals surface area contributed by atoms with Crippen molar-refractivity contribution >= 4 is 23.2 Å². The van der Waals surface area contributed by atoms with Crippen molar-refractivity contribution < 1.29 is 18.4 Å². The molecule has 4 aromatic rings. The van der Waals surface area contributed by atoms with Crippen molar-refractivity contribution in [3.05, 3.63) is 106 Å². The third-order valence-electron chi connectivity index (χ3n) is 5.28. The molecule has 0 unspecified atom stereocenters. The normalized spacial score (nSPS) is 10.8. The maximum Gasteiger partial charge on any atom is 0.264 e. The Bertz CT molecular complexity index is 1150. The average molecular weight is 463 g/mol. The van der Waals surface area contributed by atoms with Gasteiger partial charge >= 0.3 is 0 Å². The maximum atomic E-state index is 13.5. The second-order valence-corrected chi connectivity index (χ2v) is 8.73. The Balaban J connectivity index is 1.51. The van der Waals surface area contributed by atoms with Crippen LogP contribution in [0.25, 0.3) is 0 Å². The highest BCUT2D eigenvalue weighted by Crippen LogP contribution is 2.17. The number of nitrogens with zero attached hydrogens (tertiary/aromatic N) is 2. The van der Waals surface area contributed by atoms with Gasteiger partial charge in [0.15, 0.2) is 0 Å². The lowest BCUT2D eigenvalue weighted by molar-refractivity contribution is -0.133. The van der Waals surface area contributed by atoms with Crippen molar-refractivity contribution in [2.45, 2.75) is 26.4 Å². The molecule has 0 aliphatic carbocycles. The molecule has 3 aromatic heterocycles. The number of thiophene rings is 1. The SMILES string of the molecule is Cc1ccc(CN(CCc2ccccc2)C(=O)CN(Cc2ccco2)C(=O)c2cccs2)o1. The predicted octanol–water partition coefficient (Wildman–Crippen LogP) is 5.16. The standard InChI is InChI=1S/C26H26N2O4S/c1-20-11-12-23(32-20)18-27(14-13-21-7-3-2-4-8-21)25(29)19-28(17-22-9-5-15-31-22)26(30)24-10-6-16-33-24/h2-12,15-16H,13-14,17-19H2,1H3. The van der Waals surface area contributed by atoms with E-state index in [1.165, 1.54) is 16.2 Å². The summed E-state index contributed by atoms with van der Waals surface area (Å²) < 4.78 is 11.2. The van der Waals surface area contributed by atoms with Crippen LogP contribution in [0.2, 0.25) is 0 Å². The van der Waals surface area contributed by atoms with Crippen LogP contribution in [0.3, 0.4) is 0 Å². The summed E-state index contributed by atoms with van der Waals surface area (Å²) in [6.45, 7) is 2.92. The highest BCUT2D eigenvalue weighted by atomic mass is 32.1. The summed E-state index contributed by atoms with van der Waals surface area (Å²) in [6, 6.07) is 21.0. The number of hydrogen-bond donors (Lipinski definition) is 0. The molecule has 0 radical (unpaired) electrons. The van der Waals surface area contributed by atoms with Crippen LogP contribution in [0.5, 0.6) is 0 Å². The topological polar surface area (TPSA) is 66.9 Å². The monoisotopic (exact) mass is 462 g/mol. The number of hydrogen-bond acceptors (Lipinski definition) is 5. The molecule has 7 heteroatoms. The highest BCUT2D eigenvalue weighted by molar-refractivity contribution is 7.12. The maximum absolute atomic E-state index is 13.5. The fourth-order valence-corrected chi connectivity index (χ4v) is 4.26. The second-order valence-electron chi connectivity index (χ2n) is 7.78. The van der Waals surface area contributed by atoms with Crippen molar-refractivity contribution in [1.82, 2.24) is 9.80 Å². The third kappa shape index (κ3) is 6.23. The summed E-state index contributed by atoms with van der Waals surface area (Å²) in [4.78, 5) is 30.5. The third-order valence-corrected chi connectivity index (χ3v) is 6.14. The molecule has 3 heterocycles. The Kier molecular flexibility index (Phi) is 7.42. The average Bonchev–Trinajstić information content (AvgIpc) is 3.60. The van der Waals surface area contributed by atoms with Crippen LogP contribution in [-0.4, -0.2) is 34.7 Å². The minimum atomic E-state index is -0.188. The van der Waals surface area contributed by atoms with E-state index in [1.54, 1.807) is 29.4 Å². The van der Waals surface area contributed by atoms with Crippen LogP contribution < -0.4 is 0 Å². The van der Waals surface area contributed by atoms with Crippen LogP contribution in [0.1, 0.15) is 32.5 Å². The number of amides is 2. The Morgan fingerprint density at radius 1 is 0.879 bits per heavy atom. The molecule has 0 saturated carbocycles. The molecule has 0 aliphatic rings. The summed E-state index contributed by atoms with van der Waals surface area (Å²) >= 11 is 1.36. The van der Waals surface area contributed by atoms with Crippen LogP contribution in [0.4, 0.5) is 0 Å². The highest BCUT2D eigenvalue weighted by Gasteiger charge is 2.24. The van der Waals surface area contributed by atoms with E-state index in [4.69, 9.17) is 8.83 Å². The van der Waals surface area contributed by atoms with Gasteiger partial charge in [0, 0.05) is 6.54 Å². The van der Waals surface area contributed by atoms with E-state index in [0.717, 1.165) is 17.1 Å². The molecule has 4 rings (SSSR count). The molecule has 2 amide bonds. The lowest BCUT2D eigenvalue weighted by Gasteiger charge is -2.27. The molecular weight excluding hydrogens is 436 g/mol. The lowest BCUT2D eigenvalue weighted by atomic mass is 10.1. The number of benzene rings is 1. The largest absolute Gasteiger partial charge is 0.467 e. The van der Waals surface area contributed by atoms with Gasteiger partial charge in [-0.1, -0.05) is 36.4 Å². The molecule has 0 saturated heterocycles. The quantitative estimate of drug-likeness (QED) is 0.327. The molecule has 0 bridgehead atoms. The van der Waals surface area contributed by atoms with Gasteiger partial charge in [-0.05, 0) is 54.6 Å². The van der Waals surface area contributed by atoms with Gasteiger partial charge < -0.3 is 18.6 Å². The van der Waals surface area contributed by atoms with E-state index in [1.807, 2.05) is 60.8 Å². The molecule has 1 aromatic carbocycles. The van der Waals surface area contributed by atoms with Gasteiger partial charge in [0.05, 0.1) is 24.2 Å². The zero-order valence-corrected chi connectivity index (χ0v) is 19.3. The molecule has 0 aliphatic heterocycles. The first-order valence-electron chi connectivity index (χ1n) is 10.8. The van der Waals surface area contributed by atoms with E-state index in [-0.39, 0.29) is 24.9 Å². The Labute approximate surface area is 197 Å². The minimum absolute atomic E-state index is 0.0497. The van der Waals surface area contributed by atoms with Crippen molar-refractivity contribution in [3.8, 4) is 0 Å². The fraction of sp³-hybridized carbons (Fsp3) is 0.231. The summed E-state index contributed by atoms with van der Waals surface area (Å²) in [6.07, 6.45) is 2.28. The summed E-state index contributed by atoms with van der Waals surface area (Å²) in [5.74, 6) is 1.82. The number of carbonyl (C=O) groups excluding carboxylic acids is 2. The number of carbonyl (C=O) groups is 2. The number of rotatable bonds is 10.